The van der Waals surface area contributed by atoms with Crippen LogP contribution in [-0.4, -0.2) is 40.3 Å². The fourth-order valence-corrected chi connectivity index (χ4v) is 3.61. The molecule has 0 saturated carbocycles. The SMILES string of the molecule is CCOc1cccc(/C=C2\SC(=O)N(Cc3ccccc3F)C2=O)c1OCC(=O)O. The van der Waals surface area contributed by atoms with Crippen LogP contribution in [0.2, 0.25) is 0 Å². The molecule has 1 fully saturated rings. The minimum atomic E-state index is -1.17. The van der Waals surface area contributed by atoms with Crippen molar-refractivity contribution in [1.29, 1.82) is 0 Å². The number of halogens is 1. The van der Waals surface area contributed by atoms with Crippen LogP contribution >= 0.6 is 11.8 Å². The predicted molar refractivity (Wildman–Crippen MR) is 109 cm³/mol. The summed E-state index contributed by atoms with van der Waals surface area (Å²) in [5, 5.41) is 8.40. The van der Waals surface area contributed by atoms with Crippen LogP contribution in [0.4, 0.5) is 9.18 Å². The van der Waals surface area contributed by atoms with E-state index in [0.29, 0.717) is 17.9 Å². The van der Waals surface area contributed by atoms with E-state index in [4.69, 9.17) is 14.6 Å². The number of carbonyl (C=O) groups is 3. The molecule has 0 radical (unpaired) electrons. The summed E-state index contributed by atoms with van der Waals surface area (Å²) in [6.45, 7) is 1.31. The summed E-state index contributed by atoms with van der Waals surface area (Å²) in [7, 11) is 0. The second-order valence-corrected chi connectivity index (χ2v) is 7.14. The molecule has 1 N–H and O–H groups in total. The Hall–Kier alpha value is -3.33. The average molecular weight is 431 g/mol. The number of rotatable bonds is 8. The van der Waals surface area contributed by atoms with Crippen molar-refractivity contribution in [3.05, 3.63) is 64.3 Å². The third-order valence-electron chi connectivity index (χ3n) is 4.10. The molecule has 3 rings (SSSR count). The lowest BCUT2D eigenvalue weighted by molar-refractivity contribution is -0.139. The summed E-state index contributed by atoms with van der Waals surface area (Å²) < 4.78 is 24.7. The first kappa shape index (κ1) is 21.4. The molecule has 0 aromatic heterocycles. The summed E-state index contributed by atoms with van der Waals surface area (Å²) in [5.41, 5.74) is 0.614. The van der Waals surface area contributed by atoms with Gasteiger partial charge in [0.25, 0.3) is 11.1 Å². The van der Waals surface area contributed by atoms with Gasteiger partial charge in [-0.3, -0.25) is 14.5 Å². The van der Waals surface area contributed by atoms with E-state index < -0.39 is 29.5 Å². The number of carboxylic acids is 1. The molecule has 1 aliphatic rings. The van der Waals surface area contributed by atoms with Crippen LogP contribution in [0.25, 0.3) is 6.08 Å². The Bertz CT molecular complexity index is 1020. The Morgan fingerprint density at radius 3 is 2.63 bits per heavy atom. The number of amides is 2. The van der Waals surface area contributed by atoms with E-state index in [1.807, 2.05) is 0 Å². The molecule has 2 amide bonds. The van der Waals surface area contributed by atoms with Gasteiger partial charge in [-0.15, -0.1) is 0 Å². The van der Waals surface area contributed by atoms with Crippen molar-refractivity contribution in [3.63, 3.8) is 0 Å². The van der Waals surface area contributed by atoms with E-state index in [1.165, 1.54) is 24.3 Å². The fourth-order valence-electron chi connectivity index (χ4n) is 2.78. The van der Waals surface area contributed by atoms with Gasteiger partial charge >= 0.3 is 5.97 Å². The first-order valence-electron chi connectivity index (χ1n) is 9.00. The van der Waals surface area contributed by atoms with Crippen LogP contribution in [0, 0.1) is 5.82 Å². The molecule has 2 aromatic rings. The van der Waals surface area contributed by atoms with Crippen molar-refractivity contribution < 1.29 is 33.4 Å². The number of hydrogen-bond acceptors (Lipinski definition) is 6. The average Bonchev–Trinajstić information content (AvgIpc) is 2.96. The largest absolute Gasteiger partial charge is 0.490 e. The lowest BCUT2D eigenvalue weighted by Crippen LogP contribution is -2.27. The van der Waals surface area contributed by atoms with Gasteiger partial charge in [0.2, 0.25) is 0 Å². The second kappa shape index (κ2) is 9.45. The molecule has 1 saturated heterocycles. The van der Waals surface area contributed by atoms with E-state index in [2.05, 4.69) is 0 Å². The van der Waals surface area contributed by atoms with Crippen molar-refractivity contribution in [1.82, 2.24) is 4.90 Å². The number of ether oxygens (including phenoxy) is 2. The Labute approximate surface area is 176 Å². The maximum absolute atomic E-state index is 13.9. The molecule has 2 aromatic carbocycles. The van der Waals surface area contributed by atoms with Gasteiger partial charge < -0.3 is 14.6 Å². The summed E-state index contributed by atoms with van der Waals surface area (Å²) in [4.78, 5) is 37.1. The van der Waals surface area contributed by atoms with Gasteiger partial charge in [-0.25, -0.2) is 9.18 Å². The lowest BCUT2D eigenvalue weighted by atomic mass is 10.1. The number of para-hydroxylation sites is 1. The van der Waals surface area contributed by atoms with Crippen LogP contribution < -0.4 is 9.47 Å². The van der Waals surface area contributed by atoms with Crippen LogP contribution in [0.15, 0.2) is 47.4 Å². The molecule has 1 aliphatic heterocycles. The normalized spacial score (nSPS) is 15.0. The first-order valence-corrected chi connectivity index (χ1v) is 9.81. The number of nitrogens with zero attached hydrogens (tertiary/aromatic N) is 1. The molecule has 7 nitrogen and oxygen atoms in total. The number of carboxylic acid groups (broad SMARTS) is 1. The van der Waals surface area contributed by atoms with Crippen molar-refractivity contribution in [3.8, 4) is 11.5 Å². The van der Waals surface area contributed by atoms with Crippen molar-refractivity contribution >= 4 is 35.0 Å². The van der Waals surface area contributed by atoms with Crippen LogP contribution in [-0.2, 0) is 16.1 Å². The molecular weight excluding hydrogens is 413 g/mol. The Balaban J connectivity index is 1.90. The van der Waals surface area contributed by atoms with E-state index in [0.717, 1.165) is 16.7 Å². The monoisotopic (exact) mass is 431 g/mol. The van der Waals surface area contributed by atoms with Crippen LogP contribution in [0.3, 0.4) is 0 Å². The maximum Gasteiger partial charge on any atom is 0.341 e. The van der Waals surface area contributed by atoms with E-state index in [1.54, 1.807) is 31.2 Å². The fraction of sp³-hybridized carbons (Fsp3) is 0.190. The highest BCUT2D eigenvalue weighted by Gasteiger charge is 2.35. The highest BCUT2D eigenvalue weighted by Crippen LogP contribution is 2.38. The molecule has 156 valence electrons. The van der Waals surface area contributed by atoms with Gasteiger partial charge in [0.05, 0.1) is 18.1 Å². The standard InChI is InChI=1S/C21H18FNO6S/c1-2-28-16-9-5-7-13(19(16)29-12-18(24)25)10-17-20(26)23(21(27)30-17)11-14-6-3-4-8-15(14)22/h3-10H,2,11-12H2,1H3,(H,24,25)/b17-10-. The second-order valence-electron chi connectivity index (χ2n) is 6.15. The van der Waals surface area contributed by atoms with Crippen molar-refractivity contribution in [2.75, 3.05) is 13.2 Å². The van der Waals surface area contributed by atoms with Gasteiger partial charge in [0, 0.05) is 11.1 Å². The molecule has 30 heavy (non-hydrogen) atoms. The van der Waals surface area contributed by atoms with Gasteiger partial charge in [-0.2, -0.15) is 0 Å². The third-order valence-corrected chi connectivity index (χ3v) is 5.00. The predicted octanol–water partition coefficient (Wildman–Crippen LogP) is 3.92. The number of benzene rings is 2. The minimum absolute atomic E-state index is 0.116. The van der Waals surface area contributed by atoms with E-state index in [9.17, 15) is 18.8 Å². The number of imide groups is 1. The number of aliphatic carboxylic acids is 1. The minimum Gasteiger partial charge on any atom is -0.490 e. The summed E-state index contributed by atoms with van der Waals surface area (Å²) in [6.07, 6.45) is 1.44. The van der Waals surface area contributed by atoms with Crippen LogP contribution in [0.5, 0.6) is 11.5 Å². The quantitative estimate of drug-likeness (QED) is 0.633. The molecule has 0 bridgehead atoms. The zero-order valence-corrected chi connectivity index (χ0v) is 16.8. The zero-order chi connectivity index (χ0) is 21.7. The van der Waals surface area contributed by atoms with Crippen LogP contribution in [0.1, 0.15) is 18.1 Å². The van der Waals surface area contributed by atoms with Gasteiger partial charge in [-0.05, 0) is 36.9 Å². The molecule has 1 heterocycles. The number of thioether (sulfide) groups is 1. The summed E-state index contributed by atoms with van der Waals surface area (Å²) >= 11 is 0.717. The van der Waals surface area contributed by atoms with E-state index in [-0.39, 0.29) is 22.8 Å². The molecule has 0 unspecified atom stereocenters. The van der Waals surface area contributed by atoms with Gasteiger partial charge in [0.1, 0.15) is 5.82 Å². The van der Waals surface area contributed by atoms with E-state index >= 15 is 0 Å². The number of hydrogen-bond donors (Lipinski definition) is 1. The Morgan fingerprint density at radius 2 is 1.93 bits per heavy atom. The highest BCUT2D eigenvalue weighted by atomic mass is 32.2. The first-order chi connectivity index (χ1) is 14.4. The lowest BCUT2D eigenvalue weighted by Gasteiger charge is -2.14. The smallest absolute Gasteiger partial charge is 0.341 e. The van der Waals surface area contributed by atoms with Gasteiger partial charge in [0.15, 0.2) is 18.1 Å². The molecule has 0 atom stereocenters. The third kappa shape index (κ3) is 4.80. The molecule has 0 aliphatic carbocycles. The maximum atomic E-state index is 13.9. The molecule has 0 spiro atoms. The highest BCUT2D eigenvalue weighted by molar-refractivity contribution is 8.18. The summed E-state index contributed by atoms with van der Waals surface area (Å²) in [5.74, 6) is -1.77. The zero-order valence-electron chi connectivity index (χ0n) is 16.0. The van der Waals surface area contributed by atoms with Crippen molar-refractivity contribution in [2.45, 2.75) is 13.5 Å². The van der Waals surface area contributed by atoms with Crippen molar-refractivity contribution in [2.24, 2.45) is 0 Å². The topological polar surface area (TPSA) is 93.1 Å². The summed E-state index contributed by atoms with van der Waals surface area (Å²) in [6, 6.07) is 10.8. The molecular formula is C21H18FNO6S. The Morgan fingerprint density at radius 1 is 1.17 bits per heavy atom. The molecule has 9 heteroatoms. The number of carbonyl (C=O) groups excluding carboxylic acids is 2. The van der Waals surface area contributed by atoms with Gasteiger partial charge in [-0.1, -0.05) is 30.3 Å². The Kier molecular flexibility index (Phi) is 6.73.